The fraction of sp³-hybridized carbons (Fsp3) is 0.480. The molecule has 0 spiro atoms. The minimum absolute atomic E-state index is 0.150. The maximum atomic E-state index is 13.9. The Morgan fingerprint density at radius 1 is 1.06 bits per heavy atom. The maximum absolute atomic E-state index is 13.9. The second kappa shape index (κ2) is 9.22. The van der Waals surface area contributed by atoms with Crippen molar-refractivity contribution in [2.45, 2.75) is 70.3 Å². The molecule has 1 amide bonds. The summed E-state index contributed by atoms with van der Waals surface area (Å²) in [7, 11) is 0. The van der Waals surface area contributed by atoms with Crippen molar-refractivity contribution in [3.05, 3.63) is 64.7 Å². The number of alkyl halides is 4. The van der Waals surface area contributed by atoms with E-state index in [-0.39, 0.29) is 12.3 Å². The van der Waals surface area contributed by atoms with Gasteiger partial charge in [-0.05, 0) is 60.4 Å². The zero-order valence-corrected chi connectivity index (χ0v) is 18.5. The third-order valence-electron chi connectivity index (χ3n) is 6.20. The molecule has 3 rings (SSSR count). The van der Waals surface area contributed by atoms with E-state index >= 15 is 0 Å². The van der Waals surface area contributed by atoms with E-state index in [9.17, 15) is 27.5 Å². The van der Waals surface area contributed by atoms with Crippen LogP contribution < -0.4 is 4.90 Å². The van der Waals surface area contributed by atoms with Crippen LogP contribution in [0, 0.1) is 0 Å². The summed E-state index contributed by atoms with van der Waals surface area (Å²) in [4.78, 5) is 14.7. The van der Waals surface area contributed by atoms with Crippen LogP contribution in [0.4, 0.5) is 23.2 Å². The fourth-order valence-electron chi connectivity index (χ4n) is 4.16. The summed E-state index contributed by atoms with van der Waals surface area (Å²) < 4.78 is 54.5. The number of carbonyl (C=O) groups excluding carboxylic acids is 1. The third kappa shape index (κ3) is 4.68. The van der Waals surface area contributed by atoms with Crippen LogP contribution in [0.25, 0.3) is 0 Å². The summed E-state index contributed by atoms with van der Waals surface area (Å²) in [6, 6.07) is 11.5. The van der Waals surface area contributed by atoms with Crippen molar-refractivity contribution >= 4 is 11.6 Å². The Morgan fingerprint density at radius 3 is 2.28 bits per heavy atom. The van der Waals surface area contributed by atoms with Crippen LogP contribution in [0.15, 0.2) is 42.5 Å². The fourth-order valence-corrected chi connectivity index (χ4v) is 4.16. The number of aryl methyl sites for hydroxylation is 1. The highest BCUT2D eigenvalue weighted by atomic mass is 19.4. The van der Waals surface area contributed by atoms with Crippen molar-refractivity contribution in [1.82, 2.24) is 0 Å². The molecule has 1 heterocycles. The van der Waals surface area contributed by atoms with Crippen LogP contribution in [0.5, 0.6) is 0 Å². The Labute approximate surface area is 186 Å². The van der Waals surface area contributed by atoms with Crippen LogP contribution in [0.2, 0.25) is 0 Å². The molecular weight excluding hydrogens is 422 g/mol. The van der Waals surface area contributed by atoms with Crippen molar-refractivity contribution < 1.29 is 27.5 Å². The Balaban J connectivity index is 1.91. The van der Waals surface area contributed by atoms with E-state index < -0.39 is 23.5 Å². The van der Waals surface area contributed by atoms with Crippen molar-refractivity contribution in [1.29, 1.82) is 0 Å². The molecule has 7 heteroatoms. The summed E-state index contributed by atoms with van der Waals surface area (Å²) in [6.07, 6.45) is -5.71. The average molecular weight is 452 g/mol. The Morgan fingerprint density at radius 2 is 1.72 bits per heavy atom. The number of aliphatic hydroxyl groups is 1. The second-order valence-corrected chi connectivity index (χ2v) is 8.80. The van der Waals surface area contributed by atoms with Gasteiger partial charge in [0.2, 0.25) is 11.5 Å². The number of rotatable bonds is 5. The molecule has 0 radical (unpaired) electrons. The molecule has 0 aliphatic carbocycles. The number of amides is 1. The van der Waals surface area contributed by atoms with Crippen LogP contribution in [0.1, 0.15) is 61.8 Å². The predicted molar refractivity (Wildman–Crippen MR) is 116 cm³/mol. The first-order chi connectivity index (χ1) is 14.9. The summed E-state index contributed by atoms with van der Waals surface area (Å²) in [5, 5.41) is 10.2. The molecule has 1 aliphatic heterocycles. The van der Waals surface area contributed by atoms with Gasteiger partial charge in [0.15, 0.2) is 0 Å². The number of benzene rings is 2. The molecule has 1 N–H and O–H groups in total. The highest BCUT2D eigenvalue weighted by Crippen LogP contribution is 2.44. The number of anilines is 1. The van der Waals surface area contributed by atoms with Gasteiger partial charge < -0.3 is 10.0 Å². The molecule has 0 bridgehead atoms. The molecule has 2 atom stereocenters. The predicted octanol–water partition coefficient (Wildman–Crippen LogP) is 5.83. The van der Waals surface area contributed by atoms with Crippen LogP contribution in [0.3, 0.4) is 0 Å². The van der Waals surface area contributed by atoms with Gasteiger partial charge in [-0.2, -0.15) is 13.2 Å². The summed E-state index contributed by atoms with van der Waals surface area (Å²) in [5.41, 5.74) is -1.08. The van der Waals surface area contributed by atoms with Gasteiger partial charge in [-0.1, -0.05) is 50.2 Å². The standard InChI is InChI=1S/C25H29F4NO2/c1-16(2)19-9-7-18(8-10-19)14-23(31)30-13-5-4-6-20-15-21(11-12-22(20)30)24(32,17(3)26)25(27,28)29/h7-12,15-17,32H,4-6,13-14H2,1-3H3. The van der Waals surface area contributed by atoms with E-state index in [2.05, 4.69) is 13.8 Å². The molecule has 32 heavy (non-hydrogen) atoms. The molecule has 0 aromatic heterocycles. The van der Waals surface area contributed by atoms with E-state index in [4.69, 9.17) is 0 Å². The van der Waals surface area contributed by atoms with Crippen LogP contribution >= 0.6 is 0 Å². The molecule has 0 saturated heterocycles. The Bertz CT molecular complexity index is 953. The van der Waals surface area contributed by atoms with Gasteiger partial charge in [-0.15, -0.1) is 0 Å². The number of carbonyl (C=O) groups is 1. The first kappa shape index (κ1) is 24.2. The topological polar surface area (TPSA) is 40.5 Å². The largest absolute Gasteiger partial charge is 0.424 e. The Kier molecular flexibility index (Phi) is 6.98. The van der Waals surface area contributed by atoms with Crippen LogP contribution in [-0.2, 0) is 23.2 Å². The smallest absolute Gasteiger partial charge is 0.374 e. The SMILES string of the molecule is CC(C)c1ccc(CC(=O)N2CCCCc3cc(C(O)(C(C)F)C(F)(F)F)ccc32)cc1. The molecule has 2 aromatic carbocycles. The lowest BCUT2D eigenvalue weighted by molar-refractivity contribution is -0.285. The van der Waals surface area contributed by atoms with Crippen molar-refractivity contribution in [2.75, 3.05) is 11.4 Å². The number of fused-ring (bicyclic) bond motifs is 1. The summed E-state index contributed by atoms with van der Waals surface area (Å²) in [6.45, 7) is 5.33. The number of halogens is 4. The quantitative estimate of drug-likeness (QED) is 0.581. The minimum atomic E-state index is -5.17. The average Bonchev–Trinajstić information content (AvgIpc) is 2.94. The van der Waals surface area contributed by atoms with Gasteiger partial charge >= 0.3 is 6.18 Å². The van der Waals surface area contributed by atoms with E-state index in [1.165, 1.54) is 17.7 Å². The summed E-state index contributed by atoms with van der Waals surface area (Å²) in [5.74, 6) is 0.233. The molecule has 0 fully saturated rings. The number of nitrogens with zero attached hydrogens (tertiary/aromatic N) is 1. The van der Waals surface area contributed by atoms with E-state index in [1.807, 2.05) is 24.3 Å². The molecule has 174 valence electrons. The van der Waals surface area contributed by atoms with Gasteiger partial charge in [0.1, 0.15) is 6.17 Å². The van der Waals surface area contributed by atoms with E-state index in [0.29, 0.717) is 49.9 Å². The van der Waals surface area contributed by atoms with Gasteiger partial charge in [0.05, 0.1) is 6.42 Å². The summed E-state index contributed by atoms with van der Waals surface area (Å²) >= 11 is 0. The zero-order chi connectivity index (χ0) is 23.7. The normalized spacial score (nSPS) is 17.5. The molecule has 0 saturated carbocycles. The highest BCUT2D eigenvalue weighted by Gasteiger charge is 2.59. The van der Waals surface area contributed by atoms with Gasteiger partial charge in [-0.25, -0.2) is 4.39 Å². The second-order valence-electron chi connectivity index (χ2n) is 8.80. The molecule has 3 nitrogen and oxygen atoms in total. The van der Waals surface area contributed by atoms with Crippen LogP contribution in [-0.4, -0.2) is 29.9 Å². The van der Waals surface area contributed by atoms with Gasteiger partial charge in [-0.3, -0.25) is 4.79 Å². The lowest BCUT2D eigenvalue weighted by Crippen LogP contribution is -2.49. The maximum Gasteiger partial charge on any atom is 0.424 e. The van der Waals surface area contributed by atoms with Gasteiger partial charge in [0.25, 0.3) is 0 Å². The van der Waals surface area contributed by atoms with Crippen molar-refractivity contribution in [3.8, 4) is 0 Å². The van der Waals surface area contributed by atoms with Crippen molar-refractivity contribution in [3.63, 3.8) is 0 Å². The molecule has 1 aliphatic rings. The lowest BCUT2D eigenvalue weighted by atomic mass is 9.87. The first-order valence-corrected chi connectivity index (χ1v) is 10.9. The molecule has 2 aromatic rings. The lowest BCUT2D eigenvalue weighted by Gasteiger charge is -2.33. The number of hydrogen-bond donors (Lipinski definition) is 1. The zero-order valence-electron chi connectivity index (χ0n) is 18.5. The third-order valence-corrected chi connectivity index (χ3v) is 6.20. The monoisotopic (exact) mass is 451 g/mol. The highest BCUT2D eigenvalue weighted by molar-refractivity contribution is 5.95. The van der Waals surface area contributed by atoms with Crippen molar-refractivity contribution in [2.24, 2.45) is 0 Å². The minimum Gasteiger partial charge on any atom is -0.374 e. The molecular formula is C25H29F4NO2. The molecule has 2 unspecified atom stereocenters. The Hall–Kier alpha value is -2.41. The first-order valence-electron chi connectivity index (χ1n) is 10.9. The van der Waals surface area contributed by atoms with Gasteiger partial charge in [0, 0.05) is 12.2 Å². The van der Waals surface area contributed by atoms with E-state index in [0.717, 1.165) is 11.6 Å². The number of hydrogen-bond acceptors (Lipinski definition) is 2. The van der Waals surface area contributed by atoms with E-state index in [1.54, 1.807) is 4.90 Å².